The third-order valence-corrected chi connectivity index (χ3v) is 6.29. The molecule has 9 heteroatoms. The Morgan fingerprint density at radius 3 is 2.31 bits per heavy atom. The zero-order valence-electron chi connectivity index (χ0n) is 21.6. The van der Waals surface area contributed by atoms with E-state index in [9.17, 15) is 14.0 Å². The molecule has 0 unspecified atom stereocenters. The van der Waals surface area contributed by atoms with Crippen LogP contribution in [0.4, 0.5) is 21.6 Å². The third-order valence-electron chi connectivity index (χ3n) is 6.29. The van der Waals surface area contributed by atoms with E-state index in [0.29, 0.717) is 34.0 Å². The first-order valence-electron chi connectivity index (χ1n) is 12.2. The number of rotatable bonds is 6. The van der Waals surface area contributed by atoms with Gasteiger partial charge in [0.25, 0.3) is 5.91 Å². The normalized spacial score (nSPS) is 11.4. The largest absolute Gasteiger partial charge is 0.478 e. The second-order valence-corrected chi connectivity index (χ2v) is 10.1. The van der Waals surface area contributed by atoms with Crippen molar-refractivity contribution in [2.75, 3.05) is 10.6 Å². The summed E-state index contributed by atoms with van der Waals surface area (Å²) in [7, 11) is 0. The summed E-state index contributed by atoms with van der Waals surface area (Å²) in [6.45, 7) is 6.27. The van der Waals surface area contributed by atoms with E-state index in [4.69, 9.17) is 10.1 Å². The van der Waals surface area contributed by atoms with E-state index in [0.717, 1.165) is 5.56 Å². The van der Waals surface area contributed by atoms with E-state index in [2.05, 4.69) is 36.4 Å². The quantitative estimate of drug-likeness (QED) is 0.234. The van der Waals surface area contributed by atoms with Crippen LogP contribution in [0.15, 0.2) is 85.3 Å². The molecule has 0 saturated heterocycles. The van der Waals surface area contributed by atoms with Gasteiger partial charge in [-0.25, -0.2) is 19.2 Å². The van der Waals surface area contributed by atoms with Gasteiger partial charge >= 0.3 is 5.97 Å². The Bertz CT molecular complexity index is 1690. The minimum Gasteiger partial charge on any atom is -0.478 e. The first-order chi connectivity index (χ1) is 18.6. The molecule has 0 saturated carbocycles. The van der Waals surface area contributed by atoms with Gasteiger partial charge in [0, 0.05) is 35.4 Å². The van der Waals surface area contributed by atoms with Gasteiger partial charge in [-0.05, 0) is 65.6 Å². The predicted molar refractivity (Wildman–Crippen MR) is 148 cm³/mol. The van der Waals surface area contributed by atoms with Crippen molar-refractivity contribution in [2.45, 2.75) is 26.2 Å². The lowest BCUT2D eigenvalue weighted by Crippen LogP contribution is -2.15. The van der Waals surface area contributed by atoms with Crippen LogP contribution in [0.2, 0.25) is 0 Å². The molecule has 0 aliphatic heterocycles. The lowest BCUT2D eigenvalue weighted by molar-refractivity contribution is 0.0696. The molecular formula is C30H26FN5O3. The van der Waals surface area contributed by atoms with E-state index in [1.165, 1.54) is 24.3 Å². The number of nitrogens with zero attached hydrogens (tertiary/aromatic N) is 3. The van der Waals surface area contributed by atoms with Crippen molar-refractivity contribution in [3.63, 3.8) is 0 Å². The molecule has 0 spiro atoms. The van der Waals surface area contributed by atoms with E-state index in [-0.39, 0.29) is 16.7 Å². The topological polar surface area (TPSA) is 109 Å². The van der Waals surface area contributed by atoms with Crippen LogP contribution in [-0.4, -0.2) is 31.4 Å². The summed E-state index contributed by atoms with van der Waals surface area (Å²) in [5.74, 6) is -1.58. The number of hydrogen-bond donors (Lipinski definition) is 3. The number of anilines is 3. The number of carboxylic acid groups (broad SMARTS) is 1. The van der Waals surface area contributed by atoms with Crippen LogP contribution in [0, 0.1) is 5.82 Å². The van der Waals surface area contributed by atoms with Crippen LogP contribution >= 0.6 is 0 Å². The van der Waals surface area contributed by atoms with Crippen molar-refractivity contribution in [1.82, 2.24) is 14.4 Å². The highest BCUT2D eigenvalue weighted by Crippen LogP contribution is 2.28. The molecule has 5 aromatic rings. The zero-order chi connectivity index (χ0) is 27.7. The van der Waals surface area contributed by atoms with Crippen molar-refractivity contribution < 1.29 is 19.1 Å². The van der Waals surface area contributed by atoms with Crippen LogP contribution in [-0.2, 0) is 5.41 Å². The monoisotopic (exact) mass is 523 g/mol. The lowest BCUT2D eigenvalue weighted by Gasteiger charge is -2.19. The molecule has 3 N–H and O–H groups in total. The van der Waals surface area contributed by atoms with Gasteiger partial charge in [0.1, 0.15) is 5.82 Å². The van der Waals surface area contributed by atoms with Gasteiger partial charge in [-0.3, -0.25) is 4.79 Å². The van der Waals surface area contributed by atoms with Gasteiger partial charge in [-0.2, -0.15) is 0 Å². The molecule has 39 heavy (non-hydrogen) atoms. The van der Waals surface area contributed by atoms with Crippen LogP contribution in [0.5, 0.6) is 0 Å². The highest BCUT2D eigenvalue weighted by molar-refractivity contribution is 6.04. The summed E-state index contributed by atoms with van der Waals surface area (Å²) in [4.78, 5) is 33.1. The van der Waals surface area contributed by atoms with Crippen molar-refractivity contribution in [1.29, 1.82) is 0 Å². The van der Waals surface area contributed by atoms with Crippen LogP contribution in [0.25, 0.3) is 16.9 Å². The van der Waals surface area contributed by atoms with Crippen LogP contribution < -0.4 is 10.6 Å². The number of fused-ring (bicyclic) bond motifs is 1. The minimum atomic E-state index is -1.02. The molecule has 2 aromatic heterocycles. The Balaban J connectivity index is 1.44. The number of hydrogen-bond acceptors (Lipinski definition) is 5. The number of carbonyl (C=O) groups excluding carboxylic acids is 1. The number of halogens is 1. The number of carbonyl (C=O) groups is 2. The Morgan fingerprint density at radius 1 is 0.949 bits per heavy atom. The molecule has 0 aliphatic rings. The molecular weight excluding hydrogens is 497 g/mol. The maximum Gasteiger partial charge on any atom is 0.335 e. The summed E-state index contributed by atoms with van der Waals surface area (Å²) < 4.78 is 16.5. The highest BCUT2D eigenvalue weighted by atomic mass is 19.1. The molecule has 3 aromatic carbocycles. The van der Waals surface area contributed by atoms with Crippen LogP contribution in [0.1, 0.15) is 47.1 Å². The fourth-order valence-electron chi connectivity index (χ4n) is 4.08. The molecule has 0 fully saturated rings. The summed E-state index contributed by atoms with van der Waals surface area (Å²) in [6, 6.07) is 17.9. The Labute approximate surface area is 224 Å². The summed E-state index contributed by atoms with van der Waals surface area (Å²) in [5, 5.41) is 15.0. The number of carboxylic acids is 1. The first-order valence-corrected chi connectivity index (χ1v) is 12.2. The fourth-order valence-corrected chi connectivity index (χ4v) is 4.08. The smallest absolute Gasteiger partial charge is 0.335 e. The number of imidazole rings is 1. The van der Waals surface area contributed by atoms with Crippen LogP contribution in [0.3, 0.4) is 0 Å². The Kier molecular flexibility index (Phi) is 6.57. The summed E-state index contributed by atoms with van der Waals surface area (Å²) >= 11 is 0. The van der Waals surface area contributed by atoms with E-state index >= 15 is 0 Å². The second-order valence-electron chi connectivity index (χ2n) is 10.1. The molecule has 8 nitrogen and oxygen atoms in total. The molecule has 5 rings (SSSR count). The Hall–Kier alpha value is -5.05. The second kappa shape index (κ2) is 10.0. The highest BCUT2D eigenvalue weighted by Gasteiger charge is 2.16. The molecule has 196 valence electrons. The minimum absolute atomic E-state index is 0.0312. The van der Waals surface area contributed by atoms with Gasteiger partial charge in [0.05, 0.1) is 16.9 Å². The maximum absolute atomic E-state index is 14.7. The average molecular weight is 524 g/mol. The molecule has 0 aliphatic carbocycles. The van der Waals surface area contributed by atoms with Crippen molar-refractivity contribution in [2.24, 2.45) is 0 Å². The molecule has 0 bridgehead atoms. The number of benzene rings is 3. The van der Waals surface area contributed by atoms with E-state index < -0.39 is 17.7 Å². The standard InChI is InChI=1S/C30H26FN5O3/c1-30(2,3)21-9-4-18(5-10-21)28(37)35-24-16-20(8-13-23(24)31)25-17-36-15-14-32-27(36)26(34-25)33-22-11-6-19(7-12-22)29(38)39/h4-17H,1-3H3,(H,33,34)(H,35,37)(H,38,39). The number of aromatic carboxylic acids is 1. The number of amides is 1. The van der Waals surface area contributed by atoms with Gasteiger partial charge in [0.2, 0.25) is 0 Å². The third kappa shape index (κ3) is 5.47. The fraction of sp³-hybridized carbons (Fsp3) is 0.133. The lowest BCUT2D eigenvalue weighted by atomic mass is 9.87. The molecule has 0 radical (unpaired) electrons. The number of nitrogens with one attached hydrogen (secondary N) is 2. The zero-order valence-corrected chi connectivity index (χ0v) is 21.6. The maximum atomic E-state index is 14.7. The van der Waals surface area contributed by atoms with Gasteiger partial charge in [0.15, 0.2) is 11.5 Å². The Morgan fingerprint density at radius 2 is 1.64 bits per heavy atom. The van der Waals surface area contributed by atoms with Crippen molar-refractivity contribution >= 4 is 34.7 Å². The van der Waals surface area contributed by atoms with Crippen molar-refractivity contribution in [3.05, 3.63) is 108 Å². The summed E-state index contributed by atoms with van der Waals surface area (Å²) in [5.41, 5.74) is 3.93. The van der Waals surface area contributed by atoms with Gasteiger partial charge in [-0.15, -0.1) is 0 Å². The van der Waals surface area contributed by atoms with E-state index in [1.54, 1.807) is 53.3 Å². The number of aromatic nitrogens is 3. The molecule has 2 heterocycles. The van der Waals surface area contributed by atoms with Gasteiger partial charge < -0.3 is 20.1 Å². The van der Waals surface area contributed by atoms with Crippen molar-refractivity contribution in [3.8, 4) is 11.3 Å². The predicted octanol–water partition coefficient (Wildman–Crippen LogP) is 6.53. The molecule has 0 atom stereocenters. The molecule has 1 amide bonds. The SMILES string of the molecule is CC(C)(C)c1ccc(C(=O)Nc2cc(-c3cn4ccnc4c(Nc4ccc(C(=O)O)cc4)n3)ccc2F)cc1. The van der Waals surface area contributed by atoms with Gasteiger partial charge in [-0.1, -0.05) is 32.9 Å². The first kappa shape index (κ1) is 25.6. The summed E-state index contributed by atoms with van der Waals surface area (Å²) in [6.07, 6.45) is 5.14. The van der Waals surface area contributed by atoms with E-state index in [1.807, 2.05) is 12.1 Å². The average Bonchev–Trinajstić information content (AvgIpc) is 3.39.